The van der Waals surface area contributed by atoms with Gasteiger partial charge in [0.15, 0.2) is 0 Å². The second kappa shape index (κ2) is 17.6. The monoisotopic (exact) mass is 251 g/mol. The molecule has 0 fully saturated rings. The van der Waals surface area contributed by atoms with E-state index in [0.29, 0.717) is 0 Å². The minimum atomic E-state index is 0. The molecule has 0 radical (unpaired) electrons. The zero-order valence-electron chi connectivity index (χ0n) is 11.0. The highest BCUT2D eigenvalue weighted by Gasteiger charge is 1.92. The highest BCUT2D eigenvalue weighted by atomic mass is 35.5. The van der Waals surface area contributed by atoms with Crippen molar-refractivity contribution in [1.29, 1.82) is 0 Å². The van der Waals surface area contributed by atoms with Crippen molar-refractivity contribution in [3.63, 3.8) is 0 Å². The molecule has 0 aliphatic heterocycles. The number of ether oxygens (including phenoxy) is 1. The van der Waals surface area contributed by atoms with Crippen molar-refractivity contribution in [2.24, 2.45) is 0 Å². The van der Waals surface area contributed by atoms with E-state index in [1.807, 2.05) is 0 Å². The fourth-order valence-electron chi connectivity index (χ4n) is 1.64. The lowest BCUT2D eigenvalue weighted by Crippen LogP contribution is -3.00. The first-order valence-corrected chi connectivity index (χ1v) is 6.78. The topological polar surface area (TPSA) is 36.9 Å². The highest BCUT2D eigenvalue weighted by Crippen LogP contribution is 2.08. The van der Waals surface area contributed by atoms with Gasteiger partial charge in [0.1, 0.15) is 0 Å². The third-order valence-corrected chi connectivity index (χ3v) is 2.68. The van der Waals surface area contributed by atoms with Crippen LogP contribution in [0.25, 0.3) is 0 Å². The van der Waals surface area contributed by atoms with Crippen molar-refractivity contribution in [2.45, 2.75) is 64.7 Å². The SMILES string of the molecule is CCCCCCCCCCOCCC[NH3+].[Cl-]. The first-order chi connectivity index (χ1) is 7.41. The van der Waals surface area contributed by atoms with E-state index in [1.54, 1.807) is 0 Å². The predicted octanol–water partition coefficient (Wildman–Crippen LogP) is -0.220. The first-order valence-electron chi connectivity index (χ1n) is 6.78. The lowest BCUT2D eigenvalue weighted by atomic mass is 10.1. The van der Waals surface area contributed by atoms with Crippen LogP contribution in [-0.4, -0.2) is 19.8 Å². The molecule has 0 aromatic carbocycles. The summed E-state index contributed by atoms with van der Waals surface area (Å²) in [7, 11) is 0. The van der Waals surface area contributed by atoms with Crippen LogP contribution < -0.4 is 18.1 Å². The summed E-state index contributed by atoms with van der Waals surface area (Å²) in [4.78, 5) is 0. The van der Waals surface area contributed by atoms with Crippen LogP contribution in [0.5, 0.6) is 0 Å². The summed E-state index contributed by atoms with van der Waals surface area (Å²) in [6, 6.07) is 0. The molecule has 0 aliphatic rings. The third-order valence-electron chi connectivity index (χ3n) is 2.68. The Bertz CT molecular complexity index is 100. The maximum atomic E-state index is 5.48. The lowest BCUT2D eigenvalue weighted by molar-refractivity contribution is -0.369. The van der Waals surface area contributed by atoms with E-state index in [9.17, 15) is 0 Å². The van der Waals surface area contributed by atoms with Gasteiger partial charge in [0.25, 0.3) is 0 Å². The number of halogens is 1. The highest BCUT2D eigenvalue weighted by molar-refractivity contribution is 4.45. The average molecular weight is 252 g/mol. The molecule has 0 bridgehead atoms. The van der Waals surface area contributed by atoms with Crippen LogP contribution in [-0.2, 0) is 4.74 Å². The van der Waals surface area contributed by atoms with Gasteiger partial charge in [0.05, 0.1) is 13.2 Å². The van der Waals surface area contributed by atoms with Crippen LogP contribution in [0.3, 0.4) is 0 Å². The van der Waals surface area contributed by atoms with E-state index >= 15 is 0 Å². The Morgan fingerprint density at radius 2 is 1.25 bits per heavy atom. The quantitative estimate of drug-likeness (QED) is 0.479. The standard InChI is InChI=1S/C13H29NO.ClH/c1-2-3-4-5-6-7-8-9-12-15-13-10-11-14;/h2-14H2,1H3;1H. The summed E-state index contributed by atoms with van der Waals surface area (Å²) in [5, 5.41) is 0. The third kappa shape index (κ3) is 16.6. The Kier molecular flexibility index (Phi) is 20.4. The molecular weight excluding hydrogens is 222 g/mol. The van der Waals surface area contributed by atoms with E-state index in [1.165, 1.54) is 51.4 Å². The molecule has 2 nitrogen and oxygen atoms in total. The van der Waals surface area contributed by atoms with Gasteiger partial charge in [-0.1, -0.05) is 51.9 Å². The van der Waals surface area contributed by atoms with Crippen molar-refractivity contribution >= 4 is 0 Å². The molecule has 3 heteroatoms. The number of quaternary nitrogens is 1. The molecule has 16 heavy (non-hydrogen) atoms. The molecule has 0 amide bonds. The van der Waals surface area contributed by atoms with Crippen LogP contribution in [0.15, 0.2) is 0 Å². The summed E-state index contributed by atoms with van der Waals surface area (Å²) in [5.41, 5.74) is 3.79. The van der Waals surface area contributed by atoms with Gasteiger partial charge < -0.3 is 22.9 Å². The van der Waals surface area contributed by atoms with Crippen molar-refractivity contribution in [2.75, 3.05) is 19.8 Å². The first kappa shape index (κ1) is 18.6. The Morgan fingerprint density at radius 3 is 1.81 bits per heavy atom. The fourth-order valence-corrected chi connectivity index (χ4v) is 1.64. The van der Waals surface area contributed by atoms with Gasteiger partial charge in [0, 0.05) is 13.0 Å². The maximum Gasteiger partial charge on any atom is 0.0762 e. The van der Waals surface area contributed by atoms with Crippen molar-refractivity contribution in [1.82, 2.24) is 0 Å². The van der Waals surface area contributed by atoms with Crippen LogP contribution in [0.1, 0.15) is 64.7 Å². The number of hydrogen-bond donors (Lipinski definition) is 1. The molecule has 3 N–H and O–H groups in total. The summed E-state index contributed by atoms with van der Waals surface area (Å²) >= 11 is 0. The van der Waals surface area contributed by atoms with Gasteiger partial charge in [-0.2, -0.15) is 0 Å². The molecular formula is C13H30ClNO. The maximum absolute atomic E-state index is 5.48. The lowest BCUT2D eigenvalue weighted by Gasteiger charge is -2.03. The van der Waals surface area contributed by atoms with E-state index < -0.39 is 0 Å². The molecule has 0 spiro atoms. The number of unbranched alkanes of at least 4 members (excludes halogenated alkanes) is 7. The molecule has 0 atom stereocenters. The second-order valence-electron chi connectivity index (χ2n) is 4.29. The van der Waals surface area contributed by atoms with Crippen molar-refractivity contribution < 1.29 is 22.9 Å². The Morgan fingerprint density at radius 1 is 0.750 bits per heavy atom. The van der Waals surface area contributed by atoms with Crippen LogP contribution >= 0.6 is 0 Å². The molecule has 0 aromatic heterocycles. The van der Waals surface area contributed by atoms with Crippen LogP contribution in [0.2, 0.25) is 0 Å². The minimum Gasteiger partial charge on any atom is -1.00 e. The molecule has 0 aromatic rings. The van der Waals surface area contributed by atoms with Crippen LogP contribution in [0, 0.1) is 0 Å². The number of rotatable bonds is 12. The Balaban J connectivity index is 0. The van der Waals surface area contributed by atoms with Gasteiger partial charge in [-0.25, -0.2) is 0 Å². The van der Waals surface area contributed by atoms with Gasteiger partial charge in [-0.3, -0.25) is 0 Å². The zero-order valence-corrected chi connectivity index (χ0v) is 11.7. The molecule has 0 unspecified atom stereocenters. The fraction of sp³-hybridized carbons (Fsp3) is 1.00. The van der Waals surface area contributed by atoms with Gasteiger partial charge in [-0.15, -0.1) is 0 Å². The normalized spacial score (nSPS) is 10.1. The molecule has 0 saturated heterocycles. The summed E-state index contributed by atoms with van der Waals surface area (Å²) in [6.45, 7) is 5.12. The van der Waals surface area contributed by atoms with E-state index in [0.717, 1.165) is 26.2 Å². The van der Waals surface area contributed by atoms with Crippen molar-refractivity contribution in [3.05, 3.63) is 0 Å². The summed E-state index contributed by atoms with van der Waals surface area (Å²) in [5.74, 6) is 0. The van der Waals surface area contributed by atoms with E-state index in [2.05, 4.69) is 12.7 Å². The average Bonchev–Trinajstić information content (AvgIpc) is 2.26. The summed E-state index contributed by atoms with van der Waals surface area (Å²) in [6.07, 6.45) is 12.1. The largest absolute Gasteiger partial charge is 1.00 e. The van der Waals surface area contributed by atoms with Crippen molar-refractivity contribution in [3.8, 4) is 0 Å². The summed E-state index contributed by atoms with van der Waals surface area (Å²) < 4.78 is 5.48. The smallest absolute Gasteiger partial charge is 0.0762 e. The van der Waals surface area contributed by atoms with E-state index in [-0.39, 0.29) is 12.4 Å². The molecule has 0 aliphatic carbocycles. The predicted molar refractivity (Wildman–Crippen MR) is 65.8 cm³/mol. The minimum absolute atomic E-state index is 0. The molecule has 0 heterocycles. The number of hydrogen-bond acceptors (Lipinski definition) is 1. The zero-order chi connectivity index (χ0) is 11.2. The molecule has 0 rings (SSSR count). The molecule has 100 valence electrons. The molecule has 0 saturated carbocycles. The Hall–Kier alpha value is 0.210. The van der Waals surface area contributed by atoms with Crippen LogP contribution in [0.4, 0.5) is 0 Å². The van der Waals surface area contributed by atoms with Gasteiger partial charge in [0.2, 0.25) is 0 Å². The van der Waals surface area contributed by atoms with Gasteiger partial charge >= 0.3 is 0 Å². The van der Waals surface area contributed by atoms with Gasteiger partial charge in [-0.05, 0) is 6.42 Å². The van der Waals surface area contributed by atoms with E-state index in [4.69, 9.17) is 4.74 Å². The second-order valence-corrected chi connectivity index (χ2v) is 4.29. The Labute approximate surface area is 108 Å².